The largest absolute Gasteiger partial charge is 0.470 e. The molecule has 0 fully saturated rings. The average Bonchev–Trinajstić information content (AvgIpc) is 2.94. The summed E-state index contributed by atoms with van der Waals surface area (Å²) in [6, 6.07) is 12.9. The highest BCUT2D eigenvalue weighted by Crippen LogP contribution is 2.38. The van der Waals surface area contributed by atoms with Crippen LogP contribution in [-0.4, -0.2) is 53.2 Å². The third-order valence-corrected chi connectivity index (χ3v) is 7.71. The molecule has 0 aliphatic carbocycles. The zero-order valence-electron chi connectivity index (χ0n) is 29.0. The van der Waals surface area contributed by atoms with Crippen molar-refractivity contribution in [2.45, 2.75) is 93.5 Å². The Morgan fingerprint density at radius 1 is 0.872 bits per heavy atom. The number of ether oxygens (including phenoxy) is 2. The minimum atomic E-state index is -4.93. The molecule has 0 aliphatic heterocycles. The fraction of sp³-hybridized carbons (Fsp3) is 0.559. The van der Waals surface area contributed by atoms with Crippen molar-refractivity contribution in [2.24, 2.45) is 17.8 Å². The molecule has 262 valence electrons. The van der Waals surface area contributed by atoms with Gasteiger partial charge in [-0.3, -0.25) is 9.32 Å². The Morgan fingerprint density at radius 2 is 1.47 bits per heavy atom. The van der Waals surface area contributed by atoms with Gasteiger partial charge in [0, 0.05) is 24.7 Å². The second-order valence-electron chi connectivity index (χ2n) is 13.0. The number of carbonyl (C=O) groups is 3. The normalized spacial score (nSPS) is 13.7. The molecule has 0 bridgehead atoms. The third-order valence-electron chi connectivity index (χ3n) is 7.12. The van der Waals surface area contributed by atoms with Gasteiger partial charge in [-0.1, -0.05) is 72.2 Å². The number of urea groups is 1. The Balaban J connectivity index is 2.33. The second-order valence-corrected chi connectivity index (χ2v) is 14.2. The van der Waals surface area contributed by atoms with E-state index in [1.54, 1.807) is 13.8 Å². The zero-order chi connectivity index (χ0) is 35.5. The van der Waals surface area contributed by atoms with E-state index in [0.717, 1.165) is 36.8 Å². The first kappa shape index (κ1) is 39.7. The first-order chi connectivity index (χ1) is 21.9. The van der Waals surface area contributed by atoms with Gasteiger partial charge in [-0.2, -0.15) is 0 Å². The molecule has 13 heteroatoms. The molecule has 0 aliphatic rings. The fourth-order valence-corrected chi connectivity index (χ4v) is 5.39. The summed E-state index contributed by atoms with van der Waals surface area (Å²) in [4.78, 5) is 58.9. The average molecular weight is 678 g/mol. The van der Waals surface area contributed by atoms with Gasteiger partial charge in [0.2, 0.25) is 6.29 Å². The van der Waals surface area contributed by atoms with E-state index in [1.807, 2.05) is 56.3 Å². The molecule has 0 heterocycles. The van der Waals surface area contributed by atoms with Crippen LogP contribution in [0.15, 0.2) is 42.5 Å². The lowest BCUT2D eigenvalue weighted by Crippen LogP contribution is -2.34. The molecule has 3 atom stereocenters. The lowest BCUT2D eigenvalue weighted by Gasteiger charge is -2.31. The Bertz CT molecular complexity index is 1370. The number of benzene rings is 2. The predicted molar refractivity (Wildman–Crippen MR) is 183 cm³/mol. The van der Waals surface area contributed by atoms with Gasteiger partial charge in [0.1, 0.15) is 0 Å². The first-order valence-corrected chi connectivity index (χ1v) is 17.6. The number of hydrogen-bond acceptors (Lipinski definition) is 8. The number of carbonyl (C=O) groups excluding carboxylic acids is 3. The van der Waals surface area contributed by atoms with Crippen LogP contribution in [0.25, 0.3) is 0 Å². The van der Waals surface area contributed by atoms with Crippen LogP contribution >= 0.6 is 7.82 Å². The van der Waals surface area contributed by atoms with Crippen molar-refractivity contribution < 1.29 is 42.7 Å². The Hall–Kier alpha value is -3.44. The van der Waals surface area contributed by atoms with Crippen LogP contribution in [0, 0.1) is 24.7 Å². The molecule has 2 rings (SSSR count). The summed E-state index contributed by atoms with van der Waals surface area (Å²) in [6.45, 7) is 18.5. The maximum absolute atomic E-state index is 13.2. The number of esters is 2. The SMILES string of the molecule is CC[C@@H](CC(=O)OC(OC(=O)[C@H](C)OP(=O)(O)O)C(C)C)c1ccc(N(CC(C)C)CC(C)C)c(NC(=O)Nc2ccc(C)cc2)c1. The van der Waals surface area contributed by atoms with Crippen molar-refractivity contribution in [3.63, 3.8) is 0 Å². The van der Waals surface area contributed by atoms with Crippen molar-refractivity contribution in [1.82, 2.24) is 0 Å². The number of hydrogen-bond donors (Lipinski definition) is 4. The number of phosphoric ester groups is 1. The van der Waals surface area contributed by atoms with Crippen molar-refractivity contribution in [1.29, 1.82) is 0 Å². The van der Waals surface area contributed by atoms with Crippen LogP contribution in [0.5, 0.6) is 0 Å². The highest BCUT2D eigenvalue weighted by Gasteiger charge is 2.31. The highest BCUT2D eigenvalue weighted by molar-refractivity contribution is 7.46. The first-order valence-electron chi connectivity index (χ1n) is 16.1. The summed E-state index contributed by atoms with van der Waals surface area (Å²) in [6.07, 6.45) is -2.33. The van der Waals surface area contributed by atoms with Crippen molar-refractivity contribution >= 4 is 42.9 Å². The van der Waals surface area contributed by atoms with Gasteiger partial charge in [0.15, 0.2) is 6.10 Å². The summed E-state index contributed by atoms with van der Waals surface area (Å²) < 4.78 is 26.2. The molecule has 2 amide bonds. The molecule has 47 heavy (non-hydrogen) atoms. The molecule has 0 saturated carbocycles. The third kappa shape index (κ3) is 14.1. The predicted octanol–water partition coefficient (Wildman–Crippen LogP) is 7.21. The molecule has 4 N–H and O–H groups in total. The molecule has 0 spiro atoms. The molecule has 2 aromatic carbocycles. The molecular formula is C34H52N3O9P. The van der Waals surface area contributed by atoms with Crippen LogP contribution < -0.4 is 15.5 Å². The maximum Gasteiger partial charge on any atom is 0.470 e. The van der Waals surface area contributed by atoms with Crippen LogP contribution in [-0.2, 0) is 28.2 Å². The summed E-state index contributed by atoms with van der Waals surface area (Å²) >= 11 is 0. The van der Waals surface area contributed by atoms with E-state index in [-0.39, 0.29) is 12.3 Å². The molecule has 0 radical (unpaired) electrons. The van der Waals surface area contributed by atoms with Gasteiger partial charge in [-0.05, 0) is 67.9 Å². The standard InChI is InChI=1S/C34H52N3O9P/c1-10-26(18-31(38)44-33(23(6)7)45-32(39)25(9)46-47(41,42)43)27-13-16-30(37(19-21(2)3)20-22(4)5)29(17-27)36-34(40)35-28-14-11-24(8)12-15-28/h11-17,21-23,25-26,33H,10,18-20H2,1-9H3,(H2,35,36,40)(H2,41,42,43)/t25-,26-,33?/m0/s1. The number of phosphoric acid groups is 1. The lowest BCUT2D eigenvalue weighted by atomic mass is 9.92. The van der Waals surface area contributed by atoms with Gasteiger partial charge in [0.05, 0.1) is 17.8 Å². The fourth-order valence-electron chi connectivity index (χ4n) is 4.89. The molecule has 0 aromatic heterocycles. The zero-order valence-corrected chi connectivity index (χ0v) is 29.9. The van der Waals surface area contributed by atoms with E-state index in [0.29, 0.717) is 29.6 Å². The summed E-state index contributed by atoms with van der Waals surface area (Å²) in [5.74, 6) is -1.69. The molecule has 1 unspecified atom stereocenters. The summed E-state index contributed by atoms with van der Waals surface area (Å²) in [5.41, 5.74) is 4.02. The highest BCUT2D eigenvalue weighted by atomic mass is 31.2. The van der Waals surface area contributed by atoms with Gasteiger partial charge in [0.25, 0.3) is 0 Å². The smallest absolute Gasteiger partial charge is 0.425 e. The van der Waals surface area contributed by atoms with Crippen molar-refractivity contribution in [2.75, 3.05) is 28.6 Å². The minimum absolute atomic E-state index is 0.0398. The number of nitrogens with zero attached hydrogens (tertiary/aromatic N) is 1. The number of rotatable bonds is 17. The number of anilines is 3. The number of amides is 2. The maximum atomic E-state index is 13.2. The van der Waals surface area contributed by atoms with Gasteiger partial charge < -0.3 is 34.8 Å². The van der Waals surface area contributed by atoms with E-state index < -0.39 is 44.1 Å². The monoisotopic (exact) mass is 677 g/mol. The lowest BCUT2D eigenvalue weighted by molar-refractivity contribution is -0.200. The van der Waals surface area contributed by atoms with Gasteiger partial charge in [-0.25, -0.2) is 14.2 Å². The Morgan fingerprint density at radius 3 is 1.98 bits per heavy atom. The summed E-state index contributed by atoms with van der Waals surface area (Å²) in [7, 11) is -4.93. The second kappa shape index (κ2) is 18.2. The molecule has 12 nitrogen and oxygen atoms in total. The Kier molecular flexibility index (Phi) is 15.4. The van der Waals surface area contributed by atoms with Crippen LogP contribution in [0.2, 0.25) is 0 Å². The number of nitrogens with one attached hydrogen (secondary N) is 2. The van der Waals surface area contributed by atoms with E-state index >= 15 is 0 Å². The van der Waals surface area contributed by atoms with Crippen LogP contribution in [0.3, 0.4) is 0 Å². The molecular weight excluding hydrogens is 625 g/mol. The van der Waals surface area contributed by atoms with E-state index in [4.69, 9.17) is 19.3 Å². The van der Waals surface area contributed by atoms with Crippen molar-refractivity contribution in [3.8, 4) is 0 Å². The Labute approximate surface area is 278 Å². The van der Waals surface area contributed by atoms with E-state index in [1.165, 1.54) is 0 Å². The van der Waals surface area contributed by atoms with Crippen LogP contribution in [0.4, 0.5) is 21.9 Å². The molecule has 0 saturated heterocycles. The van der Waals surface area contributed by atoms with Gasteiger partial charge in [-0.15, -0.1) is 0 Å². The quantitative estimate of drug-likeness (QED) is 0.0764. The summed E-state index contributed by atoms with van der Waals surface area (Å²) in [5, 5.41) is 5.93. The number of aryl methyl sites for hydroxylation is 1. The van der Waals surface area contributed by atoms with Gasteiger partial charge >= 0.3 is 25.8 Å². The molecule has 2 aromatic rings. The van der Waals surface area contributed by atoms with Crippen LogP contribution in [0.1, 0.15) is 85.3 Å². The van der Waals surface area contributed by atoms with Crippen molar-refractivity contribution in [3.05, 3.63) is 53.6 Å². The minimum Gasteiger partial charge on any atom is -0.425 e. The topological polar surface area (TPSA) is 164 Å². The van der Waals surface area contributed by atoms with E-state index in [9.17, 15) is 18.9 Å². The van der Waals surface area contributed by atoms with E-state index in [2.05, 4.69) is 47.8 Å².